The zero-order valence-corrected chi connectivity index (χ0v) is 12.3. The minimum atomic E-state index is -0.498. The largest absolute Gasteiger partial charge is 0.456 e. The Kier molecular flexibility index (Phi) is 3.90. The summed E-state index contributed by atoms with van der Waals surface area (Å²) in [6, 6.07) is 11.1. The first-order valence-corrected chi connectivity index (χ1v) is 6.61. The third kappa shape index (κ3) is 3.15. The van der Waals surface area contributed by atoms with E-state index in [1.165, 1.54) is 0 Å². The molecule has 0 aromatic heterocycles. The molecule has 2 N–H and O–H groups in total. The second-order valence-electron chi connectivity index (χ2n) is 4.38. The van der Waals surface area contributed by atoms with Gasteiger partial charge in [0.05, 0.1) is 5.56 Å². The number of carbonyl (C=O) groups is 1. The van der Waals surface area contributed by atoms with Crippen molar-refractivity contribution in [3.8, 4) is 11.5 Å². The standard InChI is InChI=1S/C15H14BrNO2/c1-9-3-6-12(15(17)18)14(7-9)19-13-8-11(16)5-4-10(13)2/h3-8H,1-2H3,(H2,17,18). The van der Waals surface area contributed by atoms with Crippen LogP contribution in [0, 0.1) is 13.8 Å². The van der Waals surface area contributed by atoms with Gasteiger partial charge in [-0.3, -0.25) is 4.79 Å². The SMILES string of the molecule is Cc1ccc(C(N)=O)c(Oc2cc(Br)ccc2C)c1. The Balaban J connectivity index is 2.45. The quantitative estimate of drug-likeness (QED) is 0.931. The molecule has 3 nitrogen and oxygen atoms in total. The van der Waals surface area contributed by atoms with Crippen LogP contribution in [0.4, 0.5) is 0 Å². The van der Waals surface area contributed by atoms with Crippen LogP contribution in [0.3, 0.4) is 0 Å². The average Bonchev–Trinajstić information content (AvgIpc) is 2.33. The van der Waals surface area contributed by atoms with Gasteiger partial charge in [0.2, 0.25) is 0 Å². The molecule has 0 spiro atoms. The van der Waals surface area contributed by atoms with Crippen LogP contribution < -0.4 is 10.5 Å². The highest BCUT2D eigenvalue weighted by atomic mass is 79.9. The third-order valence-electron chi connectivity index (χ3n) is 2.77. The molecule has 0 radical (unpaired) electrons. The average molecular weight is 320 g/mol. The molecule has 2 aromatic rings. The van der Waals surface area contributed by atoms with Crippen LogP contribution in [0.15, 0.2) is 40.9 Å². The maximum absolute atomic E-state index is 11.4. The molecule has 2 aromatic carbocycles. The fraction of sp³-hybridized carbons (Fsp3) is 0.133. The minimum absolute atomic E-state index is 0.380. The highest BCUT2D eigenvalue weighted by Crippen LogP contribution is 2.30. The number of aryl methyl sites for hydroxylation is 2. The van der Waals surface area contributed by atoms with Crippen LogP contribution in [-0.4, -0.2) is 5.91 Å². The third-order valence-corrected chi connectivity index (χ3v) is 3.27. The molecule has 19 heavy (non-hydrogen) atoms. The van der Waals surface area contributed by atoms with Crippen molar-refractivity contribution in [2.75, 3.05) is 0 Å². The van der Waals surface area contributed by atoms with Gasteiger partial charge in [-0.15, -0.1) is 0 Å². The molecule has 0 unspecified atom stereocenters. The maximum Gasteiger partial charge on any atom is 0.252 e. The Hall–Kier alpha value is -1.81. The van der Waals surface area contributed by atoms with Crippen molar-refractivity contribution in [1.29, 1.82) is 0 Å². The van der Waals surface area contributed by atoms with Crippen molar-refractivity contribution in [3.05, 3.63) is 57.6 Å². The van der Waals surface area contributed by atoms with Crippen molar-refractivity contribution in [2.24, 2.45) is 5.73 Å². The number of rotatable bonds is 3. The van der Waals surface area contributed by atoms with E-state index in [1.807, 2.05) is 38.1 Å². The summed E-state index contributed by atoms with van der Waals surface area (Å²) in [6.07, 6.45) is 0. The smallest absolute Gasteiger partial charge is 0.252 e. The molecule has 0 bridgehead atoms. The lowest BCUT2D eigenvalue weighted by Gasteiger charge is -2.12. The number of benzene rings is 2. The van der Waals surface area contributed by atoms with E-state index in [4.69, 9.17) is 10.5 Å². The summed E-state index contributed by atoms with van der Waals surface area (Å²) < 4.78 is 6.75. The van der Waals surface area contributed by atoms with Crippen molar-refractivity contribution in [2.45, 2.75) is 13.8 Å². The van der Waals surface area contributed by atoms with Crippen molar-refractivity contribution >= 4 is 21.8 Å². The van der Waals surface area contributed by atoms with Gasteiger partial charge in [-0.2, -0.15) is 0 Å². The topological polar surface area (TPSA) is 52.3 Å². The van der Waals surface area contributed by atoms with Gasteiger partial charge in [-0.1, -0.05) is 28.1 Å². The molecule has 4 heteroatoms. The second kappa shape index (κ2) is 5.45. The first-order chi connectivity index (χ1) is 8.97. The zero-order chi connectivity index (χ0) is 14.0. The summed E-state index contributed by atoms with van der Waals surface area (Å²) in [7, 11) is 0. The Labute approximate surface area is 120 Å². The molecule has 2 rings (SSSR count). The van der Waals surface area contributed by atoms with Gasteiger partial charge in [-0.05, 0) is 49.2 Å². The molecule has 0 fully saturated rings. The highest BCUT2D eigenvalue weighted by molar-refractivity contribution is 9.10. The fourth-order valence-corrected chi connectivity index (χ4v) is 2.06. The Morgan fingerprint density at radius 1 is 1.11 bits per heavy atom. The summed E-state index contributed by atoms with van der Waals surface area (Å²) >= 11 is 3.40. The second-order valence-corrected chi connectivity index (χ2v) is 5.29. The number of hydrogen-bond acceptors (Lipinski definition) is 2. The lowest BCUT2D eigenvalue weighted by molar-refractivity contribution is 0.0998. The van der Waals surface area contributed by atoms with Crippen molar-refractivity contribution < 1.29 is 9.53 Å². The molecular weight excluding hydrogens is 306 g/mol. The van der Waals surface area contributed by atoms with Gasteiger partial charge in [0.1, 0.15) is 11.5 Å². The number of primary amides is 1. The number of carbonyl (C=O) groups excluding carboxylic acids is 1. The van der Waals surface area contributed by atoms with E-state index in [2.05, 4.69) is 15.9 Å². The highest BCUT2D eigenvalue weighted by Gasteiger charge is 2.11. The van der Waals surface area contributed by atoms with Gasteiger partial charge in [0, 0.05) is 4.47 Å². The number of ether oxygens (including phenoxy) is 1. The molecule has 1 amide bonds. The van der Waals surface area contributed by atoms with Crippen LogP contribution in [0.25, 0.3) is 0 Å². The monoisotopic (exact) mass is 319 g/mol. The first kappa shape index (κ1) is 13.6. The van der Waals surface area contributed by atoms with Crippen LogP contribution in [0.2, 0.25) is 0 Å². The maximum atomic E-state index is 11.4. The predicted molar refractivity (Wildman–Crippen MR) is 78.6 cm³/mol. The Morgan fingerprint density at radius 2 is 1.84 bits per heavy atom. The molecule has 0 heterocycles. The summed E-state index contributed by atoms with van der Waals surface area (Å²) in [5, 5.41) is 0. The molecule has 0 saturated heterocycles. The first-order valence-electron chi connectivity index (χ1n) is 5.82. The lowest BCUT2D eigenvalue weighted by atomic mass is 10.1. The fourth-order valence-electron chi connectivity index (χ4n) is 1.72. The molecule has 0 aliphatic rings. The van der Waals surface area contributed by atoms with E-state index in [0.717, 1.165) is 15.6 Å². The molecule has 0 atom stereocenters. The van der Waals surface area contributed by atoms with E-state index in [1.54, 1.807) is 12.1 Å². The van der Waals surface area contributed by atoms with Crippen LogP contribution >= 0.6 is 15.9 Å². The van der Waals surface area contributed by atoms with Crippen molar-refractivity contribution in [1.82, 2.24) is 0 Å². The van der Waals surface area contributed by atoms with E-state index < -0.39 is 5.91 Å². The van der Waals surface area contributed by atoms with Gasteiger partial charge in [0.25, 0.3) is 5.91 Å². The number of hydrogen-bond donors (Lipinski definition) is 1. The summed E-state index contributed by atoms with van der Waals surface area (Å²) in [4.78, 5) is 11.4. The summed E-state index contributed by atoms with van der Waals surface area (Å²) in [6.45, 7) is 3.88. The number of amides is 1. The van der Waals surface area contributed by atoms with Crippen LogP contribution in [0.5, 0.6) is 11.5 Å². The van der Waals surface area contributed by atoms with E-state index >= 15 is 0 Å². The Morgan fingerprint density at radius 3 is 2.53 bits per heavy atom. The lowest BCUT2D eigenvalue weighted by Crippen LogP contribution is -2.12. The van der Waals surface area contributed by atoms with Crippen molar-refractivity contribution in [3.63, 3.8) is 0 Å². The number of halogens is 1. The summed E-state index contributed by atoms with van der Waals surface area (Å²) in [5.41, 5.74) is 7.73. The van der Waals surface area contributed by atoms with Gasteiger partial charge in [-0.25, -0.2) is 0 Å². The molecule has 0 saturated carbocycles. The minimum Gasteiger partial charge on any atom is -0.456 e. The molecule has 98 valence electrons. The predicted octanol–water partition coefficient (Wildman–Crippen LogP) is 3.96. The van der Waals surface area contributed by atoms with E-state index in [-0.39, 0.29) is 0 Å². The molecule has 0 aliphatic carbocycles. The zero-order valence-electron chi connectivity index (χ0n) is 10.7. The Bertz CT molecular complexity index is 638. The normalized spacial score (nSPS) is 10.3. The van der Waals surface area contributed by atoms with Crippen LogP contribution in [0.1, 0.15) is 21.5 Å². The summed E-state index contributed by atoms with van der Waals surface area (Å²) in [5.74, 6) is 0.679. The molecular formula is C15H14BrNO2. The van der Waals surface area contributed by atoms with Gasteiger partial charge in [0.15, 0.2) is 0 Å². The van der Waals surface area contributed by atoms with E-state index in [9.17, 15) is 4.79 Å². The van der Waals surface area contributed by atoms with Gasteiger partial charge >= 0.3 is 0 Å². The van der Waals surface area contributed by atoms with Gasteiger partial charge < -0.3 is 10.5 Å². The van der Waals surface area contributed by atoms with Crippen LogP contribution in [-0.2, 0) is 0 Å². The number of nitrogens with two attached hydrogens (primary N) is 1. The van der Waals surface area contributed by atoms with E-state index in [0.29, 0.717) is 17.1 Å². The molecule has 0 aliphatic heterocycles.